The number of methoxy groups -OCH3 is 2. The van der Waals surface area contributed by atoms with Crippen molar-refractivity contribution in [3.63, 3.8) is 0 Å². The Morgan fingerprint density at radius 2 is 1.81 bits per heavy atom. The van der Waals surface area contributed by atoms with Crippen LogP contribution < -0.4 is 0 Å². The molecule has 0 radical (unpaired) electrons. The number of benzene rings is 1. The lowest BCUT2D eigenvalue weighted by Crippen LogP contribution is -2.53. The molecule has 2 bridgehead atoms. The van der Waals surface area contributed by atoms with Gasteiger partial charge < -0.3 is 14.2 Å². The molecule has 1 aromatic rings. The molecule has 2 heterocycles. The van der Waals surface area contributed by atoms with Crippen molar-refractivity contribution >= 4 is 11.9 Å². The first-order valence-electron chi connectivity index (χ1n) is 6.92. The smallest absolute Gasteiger partial charge is 0.326 e. The molecular weight excluding hydrogens is 272 g/mol. The normalized spacial score (nSPS) is 28.6. The first-order valence-corrected chi connectivity index (χ1v) is 6.92. The molecule has 1 fully saturated rings. The highest BCUT2D eigenvalue weighted by atomic mass is 16.6. The van der Waals surface area contributed by atoms with E-state index in [2.05, 4.69) is 0 Å². The Labute approximate surface area is 123 Å². The van der Waals surface area contributed by atoms with E-state index < -0.39 is 23.0 Å². The Balaban J connectivity index is 2.24. The molecule has 0 N–H and O–H groups in total. The minimum absolute atomic E-state index is 0.192. The van der Waals surface area contributed by atoms with Gasteiger partial charge in [0.1, 0.15) is 5.60 Å². The zero-order valence-corrected chi connectivity index (χ0v) is 12.3. The molecule has 0 unspecified atom stereocenters. The summed E-state index contributed by atoms with van der Waals surface area (Å²) >= 11 is 0. The topological polar surface area (TPSA) is 61.8 Å². The van der Waals surface area contributed by atoms with Gasteiger partial charge in [-0.3, -0.25) is 9.59 Å². The maximum Gasteiger partial charge on any atom is 0.326 e. The van der Waals surface area contributed by atoms with Gasteiger partial charge in [0.2, 0.25) is 0 Å². The van der Waals surface area contributed by atoms with Crippen LogP contribution >= 0.6 is 0 Å². The quantitative estimate of drug-likeness (QED) is 0.611. The van der Waals surface area contributed by atoms with Crippen molar-refractivity contribution in [1.82, 2.24) is 0 Å². The molecule has 3 rings (SSSR count). The summed E-state index contributed by atoms with van der Waals surface area (Å²) in [7, 11) is 2.56. The second kappa shape index (κ2) is 4.56. The summed E-state index contributed by atoms with van der Waals surface area (Å²) in [6.07, 6.45) is 0.766. The Bertz CT molecular complexity index is 592. The van der Waals surface area contributed by atoms with Crippen LogP contribution in [0.4, 0.5) is 0 Å². The minimum atomic E-state index is -1.45. The lowest BCUT2D eigenvalue weighted by Gasteiger charge is -2.40. The van der Waals surface area contributed by atoms with Crippen LogP contribution in [0.15, 0.2) is 24.3 Å². The van der Waals surface area contributed by atoms with Crippen molar-refractivity contribution in [3.05, 3.63) is 35.4 Å². The van der Waals surface area contributed by atoms with E-state index in [0.717, 1.165) is 11.1 Å². The van der Waals surface area contributed by atoms with E-state index in [4.69, 9.17) is 14.2 Å². The minimum Gasteiger partial charge on any atom is -0.468 e. The number of fused-ring (bicyclic) bond motifs is 4. The largest absolute Gasteiger partial charge is 0.468 e. The molecule has 112 valence electrons. The highest BCUT2D eigenvalue weighted by molar-refractivity contribution is 6.02. The maximum absolute atomic E-state index is 12.5. The molecule has 2 aliphatic rings. The van der Waals surface area contributed by atoms with Gasteiger partial charge in [0, 0.05) is 6.42 Å². The van der Waals surface area contributed by atoms with E-state index in [-0.39, 0.29) is 12.5 Å². The number of rotatable bonds is 2. The third-order valence-electron chi connectivity index (χ3n) is 4.80. The van der Waals surface area contributed by atoms with Crippen molar-refractivity contribution in [2.75, 3.05) is 14.2 Å². The van der Waals surface area contributed by atoms with Crippen molar-refractivity contribution in [2.24, 2.45) is 5.41 Å². The van der Waals surface area contributed by atoms with E-state index >= 15 is 0 Å². The summed E-state index contributed by atoms with van der Waals surface area (Å²) in [4.78, 5) is 25.0. The Morgan fingerprint density at radius 1 is 1.19 bits per heavy atom. The molecule has 0 aromatic heterocycles. The Morgan fingerprint density at radius 3 is 2.43 bits per heavy atom. The molecule has 5 heteroatoms. The van der Waals surface area contributed by atoms with E-state index in [1.54, 1.807) is 6.92 Å². The summed E-state index contributed by atoms with van der Waals surface area (Å²) < 4.78 is 15.9. The van der Waals surface area contributed by atoms with Gasteiger partial charge in [-0.05, 0) is 24.5 Å². The van der Waals surface area contributed by atoms with Crippen LogP contribution in [0.1, 0.15) is 24.5 Å². The van der Waals surface area contributed by atoms with Crippen LogP contribution in [0.3, 0.4) is 0 Å². The third kappa shape index (κ3) is 1.61. The van der Waals surface area contributed by atoms with Crippen LogP contribution in [0.25, 0.3) is 0 Å². The predicted octanol–water partition coefficient (Wildman–Crippen LogP) is 1.58. The standard InChI is InChI=1S/C16H18O5/c1-15-12-7-5-4-6-10(12)8-11(21-15)9-16(15,13(17)19-2)14(18)20-3/h4-7,11H,8-9H2,1-3H3/t11-,15+/m1/s1. The van der Waals surface area contributed by atoms with Gasteiger partial charge in [0.05, 0.1) is 20.3 Å². The summed E-state index contributed by atoms with van der Waals surface area (Å²) in [5.41, 5.74) is -0.555. The molecule has 0 amide bonds. The fourth-order valence-electron chi connectivity index (χ4n) is 3.82. The number of esters is 2. The number of ether oxygens (including phenoxy) is 3. The lowest BCUT2D eigenvalue weighted by atomic mass is 9.68. The summed E-state index contributed by atoms with van der Waals surface area (Å²) in [5, 5.41) is 0. The zero-order valence-electron chi connectivity index (χ0n) is 12.3. The number of hydrogen-bond donors (Lipinski definition) is 0. The van der Waals surface area contributed by atoms with Crippen molar-refractivity contribution < 1.29 is 23.8 Å². The Kier molecular flexibility index (Phi) is 3.06. The van der Waals surface area contributed by atoms with Crippen LogP contribution in [0.5, 0.6) is 0 Å². The molecule has 0 saturated carbocycles. The van der Waals surface area contributed by atoms with Crippen LogP contribution in [-0.2, 0) is 35.8 Å². The molecule has 0 aliphatic carbocycles. The molecule has 21 heavy (non-hydrogen) atoms. The summed E-state index contributed by atoms with van der Waals surface area (Å²) in [6, 6.07) is 7.74. The average molecular weight is 290 g/mol. The average Bonchev–Trinajstić information content (AvgIpc) is 2.75. The monoisotopic (exact) mass is 290 g/mol. The van der Waals surface area contributed by atoms with Gasteiger partial charge in [0.25, 0.3) is 0 Å². The van der Waals surface area contributed by atoms with E-state index in [9.17, 15) is 9.59 Å². The molecule has 1 saturated heterocycles. The maximum atomic E-state index is 12.5. The highest BCUT2D eigenvalue weighted by Gasteiger charge is 2.70. The first kappa shape index (κ1) is 14.1. The van der Waals surface area contributed by atoms with Crippen molar-refractivity contribution in [2.45, 2.75) is 31.5 Å². The molecule has 2 aliphatic heterocycles. The fourth-order valence-corrected chi connectivity index (χ4v) is 3.82. The number of hydrogen-bond acceptors (Lipinski definition) is 5. The third-order valence-corrected chi connectivity index (χ3v) is 4.80. The molecule has 1 aromatic carbocycles. The van der Waals surface area contributed by atoms with E-state index in [1.165, 1.54) is 14.2 Å². The molecule has 5 nitrogen and oxygen atoms in total. The van der Waals surface area contributed by atoms with Crippen molar-refractivity contribution in [1.29, 1.82) is 0 Å². The summed E-state index contributed by atoms with van der Waals surface area (Å²) in [6.45, 7) is 1.78. The van der Waals surface area contributed by atoms with Gasteiger partial charge >= 0.3 is 11.9 Å². The first-order chi connectivity index (χ1) is 9.99. The fraction of sp³-hybridized carbons (Fsp3) is 0.500. The highest BCUT2D eigenvalue weighted by Crippen LogP contribution is 2.58. The number of carbonyl (C=O) groups is 2. The number of carbonyl (C=O) groups excluding carboxylic acids is 2. The summed E-state index contributed by atoms with van der Waals surface area (Å²) in [5.74, 6) is -1.20. The predicted molar refractivity (Wildman–Crippen MR) is 73.5 cm³/mol. The molecular formula is C16H18O5. The SMILES string of the molecule is COC(=O)C1(C(=O)OC)C[C@H]2Cc3ccccc3[C@]1(C)O2. The van der Waals surface area contributed by atoms with Crippen LogP contribution in [-0.4, -0.2) is 32.3 Å². The van der Waals surface area contributed by atoms with Crippen molar-refractivity contribution in [3.8, 4) is 0 Å². The lowest BCUT2D eigenvalue weighted by molar-refractivity contribution is -0.184. The Hall–Kier alpha value is -1.88. The van der Waals surface area contributed by atoms with Gasteiger partial charge in [-0.1, -0.05) is 24.3 Å². The second-order valence-electron chi connectivity index (χ2n) is 5.73. The van der Waals surface area contributed by atoms with Gasteiger partial charge in [-0.2, -0.15) is 0 Å². The van der Waals surface area contributed by atoms with E-state index in [1.807, 2.05) is 24.3 Å². The van der Waals surface area contributed by atoms with Crippen LogP contribution in [0, 0.1) is 5.41 Å². The van der Waals surface area contributed by atoms with Gasteiger partial charge in [-0.15, -0.1) is 0 Å². The molecule has 2 atom stereocenters. The van der Waals surface area contributed by atoms with Gasteiger partial charge in [-0.25, -0.2) is 0 Å². The molecule has 0 spiro atoms. The van der Waals surface area contributed by atoms with E-state index in [0.29, 0.717) is 6.42 Å². The van der Waals surface area contributed by atoms with Crippen LogP contribution in [0.2, 0.25) is 0 Å². The second-order valence-corrected chi connectivity index (χ2v) is 5.73. The van der Waals surface area contributed by atoms with Gasteiger partial charge in [0.15, 0.2) is 5.41 Å². The zero-order chi connectivity index (χ0) is 15.3.